The number of para-hydroxylation sites is 2. The summed E-state index contributed by atoms with van der Waals surface area (Å²) in [5.74, 6) is 0.479. The lowest BCUT2D eigenvalue weighted by Crippen LogP contribution is -3.14. The molecule has 0 aliphatic carbocycles. The fraction of sp³-hybridized carbons (Fsp3) is 0.417. The summed E-state index contributed by atoms with van der Waals surface area (Å²) in [6.07, 6.45) is 3.48. The van der Waals surface area contributed by atoms with Crippen LogP contribution in [0.3, 0.4) is 0 Å². The number of hydrogen-bond acceptors (Lipinski definition) is 3. The van der Waals surface area contributed by atoms with Crippen LogP contribution in [0.15, 0.2) is 42.5 Å². The van der Waals surface area contributed by atoms with Gasteiger partial charge in [-0.05, 0) is 48.9 Å². The Morgan fingerprint density at radius 3 is 2.83 bits per heavy atom. The fourth-order valence-corrected chi connectivity index (χ4v) is 5.52. The number of nitrogens with zero attached hydrogens (tertiary/aromatic N) is 1. The highest BCUT2D eigenvalue weighted by atomic mass is 32.1. The molecule has 1 unspecified atom stereocenters. The molecule has 0 spiro atoms. The summed E-state index contributed by atoms with van der Waals surface area (Å²) in [5.41, 5.74) is 4.39. The zero-order chi connectivity index (χ0) is 20.4. The highest BCUT2D eigenvalue weighted by Crippen LogP contribution is 2.29. The third-order valence-corrected chi connectivity index (χ3v) is 7.07. The first-order chi connectivity index (χ1) is 14.0. The molecule has 1 amide bonds. The number of anilines is 1. The summed E-state index contributed by atoms with van der Waals surface area (Å²) in [6, 6.07) is 14.9. The molecular weight excluding hydrogens is 378 g/mol. The Bertz CT molecular complexity index is 977. The summed E-state index contributed by atoms with van der Waals surface area (Å²) in [4.78, 5) is 19.2. The van der Waals surface area contributed by atoms with Gasteiger partial charge in [0.2, 0.25) is 0 Å². The lowest BCUT2D eigenvalue weighted by molar-refractivity contribution is -0.929. The van der Waals surface area contributed by atoms with E-state index >= 15 is 0 Å². The molecule has 1 fully saturated rings. The molecule has 1 aliphatic heterocycles. The molecule has 152 valence electrons. The van der Waals surface area contributed by atoms with Gasteiger partial charge in [-0.25, -0.2) is 4.98 Å². The smallest absolute Gasteiger partial charge is 0.279 e. The Labute approximate surface area is 177 Å². The Morgan fingerprint density at radius 2 is 2.03 bits per heavy atom. The van der Waals surface area contributed by atoms with Gasteiger partial charge in [-0.1, -0.05) is 44.2 Å². The van der Waals surface area contributed by atoms with Crippen molar-refractivity contribution in [2.45, 2.75) is 52.0 Å². The molecule has 0 bridgehead atoms. The Hall–Kier alpha value is -2.24. The molecule has 2 N–H and O–H groups in total. The van der Waals surface area contributed by atoms with Gasteiger partial charge in [-0.15, -0.1) is 11.3 Å². The van der Waals surface area contributed by atoms with Crippen LogP contribution in [-0.4, -0.2) is 24.0 Å². The monoisotopic (exact) mass is 408 g/mol. The molecule has 2 atom stereocenters. The van der Waals surface area contributed by atoms with E-state index in [1.54, 1.807) is 11.3 Å². The molecule has 4 rings (SSSR count). The molecule has 2 heterocycles. The van der Waals surface area contributed by atoms with Crippen LogP contribution in [0.5, 0.6) is 0 Å². The van der Waals surface area contributed by atoms with Crippen LogP contribution in [0.1, 0.15) is 61.2 Å². The minimum absolute atomic E-state index is 0.101. The molecule has 5 heteroatoms. The van der Waals surface area contributed by atoms with Gasteiger partial charge in [0.05, 0.1) is 16.8 Å². The highest BCUT2D eigenvalue weighted by molar-refractivity contribution is 7.18. The molecule has 1 aliphatic rings. The van der Waals surface area contributed by atoms with Gasteiger partial charge in [0.25, 0.3) is 5.91 Å². The predicted molar refractivity (Wildman–Crippen MR) is 121 cm³/mol. The van der Waals surface area contributed by atoms with Crippen LogP contribution in [0, 0.1) is 6.92 Å². The van der Waals surface area contributed by atoms with Crippen molar-refractivity contribution in [1.82, 2.24) is 4.98 Å². The maximum atomic E-state index is 13.0. The number of quaternary nitrogens is 1. The normalized spacial score (nSPS) is 19.6. The van der Waals surface area contributed by atoms with E-state index < -0.39 is 0 Å². The van der Waals surface area contributed by atoms with Crippen LogP contribution in [-0.2, 0) is 4.79 Å². The number of carbonyl (C=O) groups is 1. The second-order valence-electron chi connectivity index (χ2n) is 8.40. The Kier molecular flexibility index (Phi) is 5.97. The molecule has 1 saturated heterocycles. The van der Waals surface area contributed by atoms with Gasteiger partial charge in [-0.3, -0.25) is 4.79 Å². The third kappa shape index (κ3) is 4.36. The Balaban J connectivity index is 1.52. The minimum Gasteiger partial charge on any atom is -0.321 e. The molecule has 0 radical (unpaired) electrons. The number of aryl methyl sites for hydroxylation is 1. The van der Waals surface area contributed by atoms with Crippen molar-refractivity contribution in [2.24, 2.45) is 0 Å². The van der Waals surface area contributed by atoms with Gasteiger partial charge in [-0.2, -0.15) is 0 Å². The number of amides is 1. The molecule has 2 aromatic carbocycles. The zero-order valence-electron chi connectivity index (χ0n) is 17.5. The number of nitrogens with one attached hydrogen (secondary N) is 2. The van der Waals surface area contributed by atoms with Crippen LogP contribution in [0.2, 0.25) is 0 Å². The van der Waals surface area contributed by atoms with Crippen molar-refractivity contribution in [3.8, 4) is 0 Å². The lowest BCUT2D eigenvalue weighted by Gasteiger charge is -2.31. The number of fused-ring (bicyclic) bond motifs is 1. The minimum atomic E-state index is 0.101. The number of rotatable bonds is 5. The first-order valence-corrected chi connectivity index (χ1v) is 11.4. The molecular formula is C24H30N3OS+. The summed E-state index contributed by atoms with van der Waals surface area (Å²) in [5, 5.41) is 4.40. The van der Waals surface area contributed by atoms with E-state index in [4.69, 9.17) is 4.98 Å². The molecule has 3 aromatic rings. The quantitative estimate of drug-likeness (QED) is 0.654. The lowest BCUT2D eigenvalue weighted by atomic mass is 9.98. The first-order valence-electron chi connectivity index (χ1n) is 10.6. The van der Waals surface area contributed by atoms with E-state index in [0.29, 0.717) is 18.5 Å². The predicted octanol–water partition coefficient (Wildman–Crippen LogP) is 4.48. The van der Waals surface area contributed by atoms with Gasteiger partial charge >= 0.3 is 0 Å². The van der Waals surface area contributed by atoms with Crippen molar-refractivity contribution >= 4 is 33.1 Å². The van der Waals surface area contributed by atoms with E-state index in [9.17, 15) is 4.79 Å². The zero-order valence-corrected chi connectivity index (χ0v) is 18.3. The molecule has 4 nitrogen and oxygen atoms in total. The van der Waals surface area contributed by atoms with Crippen LogP contribution >= 0.6 is 11.3 Å². The topological polar surface area (TPSA) is 46.4 Å². The molecule has 29 heavy (non-hydrogen) atoms. The van der Waals surface area contributed by atoms with Crippen LogP contribution in [0.25, 0.3) is 10.2 Å². The Morgan fingerprint density at radius 1 is 1.21 bits per heavy atom. The molecule has 1 aromatic heterocycles. The van der Waals surface area contributed by atoms with E-state index in [2.05, 4.69) is 62.5 Å². The van der Waals surface area contributed by atoms with E-state index in [0.717, 1.165) is 29.7 Å². The van der Waals surface area contributed by atoms with Crippen molar-refractivity contribution in [1.29, 1.82) is 0 Å². The molecule has 0 saturated carbocycles. The second-order valence-corrected chi connectivity index (χ2v) is 9.46. The van der Waals surface area contributed by atoms with Crippen molar-refractivity contribution in [3.63, 3.8) is 0 Å². The van der Waals surface area contributed by atoms with E-state index in [1.807, 2.05) is 6.07 Å². The van der Waals surface area contributed by atoms with Crippen LogP contribution in [0.4, 0.5) is 5.69 Å². The summed E-state index contributed by atoms with van der Waals surface area (Å²) >= 11 is 1.78. The van der Waals surface area contributed by atoms with Gasteiger partial charge in [0, 0.05) is 12.1 Å². The largest absolute Gasteiger partial charge is 0.321 e. The fourth-order valence-electron chi connectivity index (χ4n) is 4.36. The number of likely N-dealkylation sites (tertiary alicyclic amines) is 1. The van der Waals surface area contributed by atoms with Crippen molar-refractivity contribution in [3.05, 3.63) is 58.6 Å². The average molecular weight is 409 g/mol. The summed E-state index contributed by atoms with van der Waals surface area (Å²) in [7, 11) is 0. The maximum absolute atomic E-state index is 13.0. The van der Waals surface area contributed by atoms with Gasteiger partial charge in [0.1, 0.15) is 6.04 Å². The van der Waals surface area contributed by atoms with Crippen molar-refractivity contribution < 1.29 is 9.69 Å². The van der Waals surface area contributed by atoms with Gasteiger partial charge < -0.3 is 10.2 Å². The number of aromatic nitrogens is 1. The summed E-state index contributed by atoms with van der Waals surface area (Å²) in [6.45, 7) is 7.93. The number of benzene rings is 2. The maximum Gasteiger partial charge on any atom is 0.279 e. The van der Waals surface area contributed by atoms with E-state index in [-0.39, 0.29) is 5.91 Å². The standard InChI is InChI=1S/C24H29N3OS/c1-16(2)18-10-8-9-17(3)23(18)26-22(28)15-27-14-7-6-12-20(27)24-25-19-11-4-5-13-21(19)29-24/h4-5,8-11,13,16,20H,6-7,12,14-15H2,1-3H3,(H,26,28)/p+1/t20-/m1/s1. The highest BCUT2D eigenvalue weighted by Gasteiger charge is 2.32. The second kappa shape index (κ2) is 8.64. The average Bonchev–Trinajstić information content (AvgIpc) is 3.13. The summed E-state index contributed by atoms with van der Waals surface area (Å²) < 4.78 is 1.23. The third-order valence-electron chi connectivity index (χ3n) is 5.92. The SMILES string of the molecule is Cc1cccc(C(C)C)c1NC(=O)C[NH+]1CCCC[C@@H]1c1nc2ccccc2s1. The number of piperidine rings is 1. The van der Waals surface area contributed by atoms with Crippen molar-refractivity contribution in [2.75, 3.05) is 18.4 Å². The first kappa shape index (κ1) is 20.0. The number of carbonyl (C=O) groups excluding carboxylic acids is 1. The number of thiazole rings is 1. The van der Waals surface area contributed by atoms with E-state index in [1.165, 1.54) is 33.0 Å². The number of hydrogen-bond donors (Lipinski definition) is 2. The van der Waals surface area contributed by atoms with Crippen LogP contribution < -0.4 is 10.2 Å². The van der Waals surface area contributed by atoms with Gasteiger partial charge in [0.15, 0.2) is 11.6 Å².